The summed E-state index contributed by atoms with van der Waals surface area (Å²) in [5, 5.41) is 7.17. The van der Waals surface area contributed by atoms with Gasteiger partial charge in [-0.3, -0.25) is 4.68 Å². The molecule has 2 aromatic rings. The van der Waals surface area contributed by atoms with Crippen molar-refractivity contribution in [2.24, 2.45) is 7.05 Å². The summed E-state index contributed by atoms with van der Waals surface area (Å²) in [6, 6.07) is 1.70. The maximum Gasteiger partial charge on any atom is 0.226 e. The summed E-state index contributed by atoms with van der Waals surface area (Å²) in [6.45, 7) is 0.640. The Morgan fingerprint density at radius 2 is 2.38 bits per heavy atom. The van der Waals surface area contributed by atoms with Gasteiger partial charge in [-0.15, -0.1) is 0 Å². The zero-order chi connectivity index (χ0) is 11.4. The fourth-order valence-electron chi connectivity index (χ4n) is 1.29. The van der Waals surface area contributed by atoms with Gasteiger partial charge in [0.05, 0.1) is 13.3 Å². The first-order valence-corrected chi connectivity index (χ1v) is 4.86. The van der Waals surface area contributed by atoms with Crippen LogP contribution in [0.1, 0.15) is 5.56 Å². The minimum absolute atomic E-state index is 0.545. The molecule has 0 bridgehead atoms. The molecule has 0 atom stereocenters. The van der Waals surface area contributed by atoms with Crippen LogP contribution in [0.2, 0.25) is 0 Å². The molecule has 0 spiro atoms. The number of anilines is 1. The van der Waals surface area contributed by atoms with E-state index in [-0.39, 0.29) is 0 Å². The van der Waals surface area contributed by atoms with Crippen LogP contribution in [0.5, 0.6) is 5.88 Å². The summed E-state index contributed by atoms with van der Waals surface area (Å²) < 4.78 is 6.76. The summed E-state index contributed by atoms with van der Waals surface area (Å²) in [5.74, 6) is 1.09. The third-order valence-corrected chi connectivity index (χ3v) is 2.05. The predicted molar refractivity (Wildman–Crippen MR) is 59.1 cm³/mol. The number of hydrogen-bond acceptors (Lipinski definition) is 5. The maximum absolute atomic E-state index is 5.00. The first-order chi connectivity index (χ1) is 7.78. The topological polar surface area (TPSA) is 64.9 Å². The van der Waals surface area contributed by atoms with Crippen molar-refractivity contribution in [1.82, 2.24) is 19.7 Å². The minimum atomic E-state index is 0.545. The van der Waals surface area contributed by atoms with Crippen LogP contribution in [0.15, 0.2) is 24.7 Å². The van der Waals surface area contributed by atoms with E-state index >= 15 is 0 Å². The quantitative estimate of drug-likeness (QED) is 0.825. The molecule has 2 rings (SSSR count). The molecule has 0 aromatic carbocycles. The largest absolute Gasteiger partial charge is 0.481 e. The van der Waals surface area contributed by atoms with Crippen LogP contribution < -0.4 is 10.1 Å². The van der Waals surface area contributed by atoms with E-state index in [9.17, 15) is 0 Å². The van der Waals surface area contributed by atoms with Gasteiger partial charge in [-0.1, -0.05) is 0 Å². The molecule has 0 aliphatic heterocycles. The van der Waals surface area contributed by atoms with Crippen LogP contribution >= 0.6 is 0 Å². The first-order valence-electron chi connectivity index (χ1n) is 4.86. The molecular weight excluding hydrogens is 206 g/mol. The highest BCUT2D eigenvalue weighted by molar-refractivity contribution is 5.28. The van der Waals surface area contributed by atoms with Crippen molar-refractivity contribution in [3.05, 3.63) is 30.2 Å². The van der Waals surface area contributed by atoms with E-state index in [4.69, 9.17) is 4.74 Å². The summed E-state index contributed by atoms with van der Waals surface area (Å²) >= 11 is 0. The van der Waals surface area contributed by atoms with Crippen molar-refractivity contribution in [3.8, 4) is 5.88 Å². The molecule has 6 nitrogen and oxygen atoms in total. The van der Waals surface area contributed by atoms with Crippen molar-refractivity contribution in [2.75, 3.05) is 12.4 Å². The summed E-state index contributed by atoms with van der Waals surface area (Å²) in [4.78, 5) is 8.22. The van der Waals surface area contributed by atoms with Crippen molar-refractivity contribution in [1.29, 1.82) is 0 Å². The Morgan fingerprint density at radius 1 is 1.50 bits per heavy atom. The van der Waals surface area contributed by atoms with Gasteiger partial charge in [0.2, 0.25) is 11.8 Å². The average Bonchev–Trinajstić information content (AvgIpc) is 2.73. The van der Waals surface area contributed by atoms with E-state index in [2.05, 4.69) is 20.4 Å². The lowest BCUT2D eigenvalue weighted by molar-refractivity contribution is 0.397. The molecule has 0 saturated heterocycles. The number of ether oxygens (including phenoxy) is 1. The molecule has 0 radical (unpaired) electrons. The average molecular weight is 219 g/mol. The Hall–Kier alpha value is -2.11. The maximum atomic E-state index is 5.00. The molecule has 0 saturated carbocycles. The molecule has 84 valence electrons. The van der Waals surface area contributed by atoms with E-state index in [1.54, 1.807) is 30.3 Å². The highest BCUT2D eigenvalue weighted by atomic mass is 16.5. The van der Waals surface area contributed by atoms with Crippen LogP contribution in [0.25, 0.3) is 0 Å². The normalized spacial score (nSPS) is 10.1. The zero-order valence-electron chi connectivity index (χ0n) is 9.21. The highest BCUT2D eigenvalue weighted by Gasteiger charge is 2.00. The second kappa shape index (κ2) is 4.61. The van der Waals surface area contributed by atoms with E-state index in [1.165, 1.54) is 0 Å². The van der Waals surface area contributed by atoms with Crippen molar-refractivity contribution >= 4 is 5.95 Å². The van der Waals surface area contributed by atoms with E-state index in [0.717, 1.165) is 5.56 Å². The smallest absolute Gasteiger partial charge is 0.226 e. The van der Waals surface area contributed by atoms with Gasteiger partial charge in [0.15, 0.2) is 0 Å². The Labute approximate surface area is 93.3 Å². The minimum Gasteiger partial charge on any atom is -0.481 e. The van der Waals surface area contributed by atoms with Gasteiger partial charge in [-0.25, -0.2) is 4.98 Å². The van der Waals surface area contributed by atoms with E-state index in [0.29, 0.717) is 18.4 Å². The molecule has 0 unspecified atom stereocenters. The summed E-state index contributed by atoms with van der Waals surface area (Å²) in [5.41, 5.74) is 1.08. The van der Waals surface area contributed by atoms with Crippen LogP contribution in [-0.2, 0) is 13.6 Å². The monoisotopic (exact) mass is 219 g/mol. The van der Waals surface area contributed by atoms with Crippen LogP contribution in [0.3, 0.4) is 0 Å². The molecule has 0 fully saturated rings. The predicted octanol–water partition coefficient (Wildman–Crippen LogP) is 0.831. The number of hydrogen-bond donors (Lipinski definition) is 1. The van der Waals surface area contributed by atoms with Crippen molar-refractivity contribution in [3.63, 3.8) is 0 Å². The van der Waals surface area contributed by atoms with Gasteiger partial charge in [-0.05, 0) is 0 Å². The fraction of sp³-hybridized carbons (Fsp3) is 0.300. The zero-order valence-corrected chi connectivity index (χ0v) is 9.21. The summed E-state index contributed by atoms with van der Waals surface area (Å²) in [6.07, 6.45) is 5.39. The van der Waals surface area contributed by atoms with Crippen LogP contribution in [0, 0.1) is 0 Å². The number of rotatable bonds is 4. The van der Waals surface area contributed by atoms with Crippen LogP contribution in [0.4, 0.5) is 5.95 Å². The number of nitrogens with one attached hydrogen (secondary N) is 1. The van der Waals surface area contributed by atoms with Gasteiger partial charge in [0, 0.05) is 37.6 Å². The number of methoxy groups -OCH3 is 1. The lowest BCUT2D eigenvalue weighted by atomic mass is 10.4. The lowest BCUT2D eigenvalue weighted by Gasteiger charge is -2.03. The number of aryl methyl sites for hydroxylation is 1. The van der Waals surface area contributed by atoms with Crippen molar-refractivity contribution < 1.29 is 4.74 Å². The van der Waals surface area contributed by atoms with Gasteiger partial charge in [-0.2, -0.15) is 10.1 Å². The second-order valence-corrected chi connectivity index (χ2v) is 3.30. The SMILES string of the molecule is COc1ccnc(NCc2cnn(C)c2)n1. The molecule has 0 aliphatic rings. The third-order valence-electron chi connectivity index (χ3n) is 2.05. The fourth-order valence-corrected chi connectivity index (χ4v) is 1.29. The molecule has 6 heteroatoms. The molecule has 0 amide bonds. The Kier molecular flexibility index (Phi) is 3.00. The Balaban J connectivity index is 1.99. The molecule has 2 heterocycles. The first kappa shape index (κ1) is 10.4. The van der Waals surface area contributed by atoms with Gasteiger partial charge in [0.25, 0.3) is 0 Å². The van der Waals surface area contributed by atoms with Gasteiger partial charge >= 0.3 is 0 Å². The second-order valence-electron chi connectivity index (χ2n) is 3.30. The molecule has 0 aliphatic carbocycles. The Morgan fingerprint density at radius 3 is 3.06 bits per heavy atom. The van der Waals surface area contributed by atoms with E-state index < -0.39 is 0 Å². The van der Waals surface area contributed by atoms with Gasteiger partial charge < -0.3 is 10.1 Å². The van der Waals surface area contributed by atoms with E-state index in [1.807, 2.05) is 13.2 Å². The number of nitrogens with zero attached hydrogens (tertiary/aromatic N) is 4. The third kappa shape index (κ3) is 2.47. The standard InChI is InChI=1S/C10H13N5O/c1-15-7-8(6-13-15)5-12-10-11-4-3-9(14-10)16-2/h3-4,6-7H,5H2,1-2H3,(H,11,12,14). The Bertz CT molecular complexity index is 468. The molecule has 1 N–H and O–H groups in total. The molecular formula is C10H13N5O. The molecule has 16 heavy (non-hydrogen) atoms. The highest BCUT2D eigenvalue weighted by Crippen LogP contribution is 2.08. The molecule has 2 aromatic heterocycles. The number of aromatic nitrogens is 4. The van der Waals surface area contributed by atoms with Crippen LogP contribution in [-0.4, -0.2) is 26.9 Å². The van der Waals surface area contributed by atoms with Gasteiger partial charge in [0.1, 0.15) is 0 Å². The lowest BCUT2D eigenvalue weighted by Crippen LogP contribution is -2.03. The summed E-state index contributed by atoms with van der Waals surface area (Å²) in [7, 11) is 3.46. The van der Waals surface area contributed by atoms with Crippen molar-refractivity contribution in [2.45, 2.75) is 6.54 Å².